The molecule has 1 heterocycles. The molecule has 1 aliphatic heterocycles. The Morgan fingerprint density at radius 2 is 1.91 bits per heavy atom. The van der Waals surface area contributed by atoms with Crippen LogP contribution in [0.3, 0.4) is 0 Å². The van der Waals surface area contributed by atoms with Crippen LogP contribution in [0.25, 0.3) is 0 Å². The van der Waals surface area contributed by atoms with Gasteiger partial charge in [-0.3, -0.25) is 9.59 Å². The third-order valence-electron chi connectivity index (χ3n) is 4.94. The van der Waals surface area contributed by atoms with E-state index in [4.69, 9.17) is 9.84 Å². The fraction of sp³-hybridized carbons (Fsp3) is 0.529. The molecule has 2 fully saturated rings. The molecule has 2 aliphatic rings. The molecule has 0 spiro atoms. The van der Waals surface area contributed by atoms with E-state index in [0.29, 0.717) is 19.4 Å². The molecular weight excluding hydrogens is 282 g/mol. The van der Waals surface area contributed by atoms with Crippen molar-refractivity contribution in [1.82, 2.24) is 4.90 Å². The third kappa shape index (κ3) is 2.45. The van der Waals surface area contributed by atoms with Crippen LogP contribution >= 0.6 is 0 Å². The lowest BCUT2D eigenvalue weighted by atomic mass is 9.72. The number of likely N-dealkylation sites (tertiary alicyclic amines) is 1. The minimum Gasteiger partial charge on any atom is -0.496 e. The average molecular weight is 303 g/mol. The van der Waals surface area contributed by atoms with Crippen LogP contribution in [-0.4, -0.2) is 35.5 Å². The van der Waals surface area contributed by atoms with Crippen LogP contribution in [0.5, 0.6) is 5.75 Å². The normalized spacial score (nSPS) is 27.3. The van der Waals surface area contributed by atoms with Crippen molar-refractivity contribution in [2.75, 3.05) is 13.7 Å². The van der Waals surface area contributed by atoms with Crippen molar-refractivity contribution in [3.63, 3.8) is 0 Å². The SMILES string of the molecule is COc1ccccc1C1CCCN1C(=O)C1CCC1C(=O)O. The van der Waals surface area contributed by atoms with E-state index in [-0.39, 0.29) is 17.9 Å². The van der Waals surface area contributed by atoms with Gasteiger partial charge in [-0.2, -0.15) is 0 Å². The number of ether oxygens (including phenoxy) is 1. The van der Waals surface area contributed by atoms with Gasteiger partial charge in [0.05, 0.1) is 25.0 Å². The van der Waals surface area contributed by atoms with Gasteiger partial charge in [-0.05, 0) is 31.7 Å². The summed E-state index contributed by atoms with van der Waals surface area (Å²) in [5.41, 5.74) is 1.02. The van der Waals surface area contributed by atoms with Gasteiger partial charge in [-0.15, -0.1) is 0 Å². The molecule has 1 aliphatic carbocycles. The molecule has 0 radical (unpaired) electrons. The topological polar surface area (TPSA) is 66.8 Å². The average Bonchev–Trinajstić information content (AvgIpc) is 2.94. The monoisotopic (exact) mass is 303 g/mol. The summed E-state index contributed by atoms with van der Waals surface area (Å²) in [4.78, 5) is 25.8. The third-order valence-corrected chi connectivity index (χ3v) is 4.94. The summed E-state index contributed by atoms with van der Waals surface area (Å²) in [6, 6.07) is 7.75. The van der Waals surface area contributed by atoms with Crippen LogP contribution in [0.4, 0.5) is 0 Å². The molecule has 0 aromatic heterocycles. The van der Waals surface area contributed by atoms with E-state index in [2.05, 4.69) is 0 Å². The Bertz CT molecular complexity index is 586. The largest absolute Gasteiger partial charge is 0.496 e. The highest BCUT2D eigenvalue weighted by Gasteiger charge is 2.45. The van der Waals surface area contributed by atoms with Crippen molar-refractivity contribution in [2.45, 2.75) is 31.7 Å². The summed E-state index contributed by atoms with van der Waals surface area (Å²) >= 11 is 0. The van der Waals surface area contributed by atoms with E-state index in [1.54, 1.807) is 7.11 Å². The minimum absolute atomic E-state index is 0.00121. The number of aliphatic carboxylic acids is 1. The lowest BCUT2D eigenvalue weighted by Crippen LogP contribution is -2.45. The van der Waals surface area contributed by atoms with E-state index >= 15 is 0 Å². The van der Waals surface area contributed by atoms with Gasteiger partial charge in [-0.1, -0.05) is 18.2 Å². The Kier molecular flexibility index (Phi) is 4.05. The Morgan fingerprint density at radius 1 is 1.18 bits per heavy atom. The number of rotatable bonds is 4. The number of carboxylic acids is 1. The lowest BCUT2D eigenvalue weighted by molar-refractivity contribution is -0.157. The summed E-state index contributed by atoms with van der Waals surface area (Å²) in [7, 11) is 1.63. The maximum atomic E-state index is 12.7. The van der Waals surface area contributed by atoms with E-state index in [1.807, 2.05) is 29.2 Å². The second-order valence-corrected chi connectivity index (χ2v) is 6.06. The quantitative estimate of drug-likeness (QED) is 0.928. The molecule has 0 bridgehead atoms. The number of para-hydroxylation sites is 1. The van der Waals surface area contributed by atoms with Crippen LogP contribution in [0, 0.1) is 11.8 Å². The van der Waals surface area contributed by atoms with Gasteiger partial charge in [0.2, 0.25) is 5.91 Å². The zero-order valence-corrected chi connectivity index (χ0v) is 12.7. The number of hydrogen-bond donors (Lipinski definition) is 1. The zero-order valence-electron chi connectivity index (χ0n) is 12.7. The van der Waals surface area contributed by atoms with Crippen molar-refractivity contribution in [1.29, 1.82) is 0 Å². The molecule has 118 valence electrons. The fourth-order valence-electron chi connectivity index (χ4n) is 3.60. The minimum atomic E-state index is -0.849. The fourth-order valence-corrected chi connectivity index (χ4v) is 3.60. The van der Waals surface area contributed by atoms with Gasteiger partial charge in [0.15, 0.2) is 0 Å². The molecule has 1 saturated carbocycles. The lowest BCUT2D eigenvalue weighted by Gasteiger charge is -2.37. The van der Waals surface area contributed by atoms with Crippen molar-refractivity contribution in [3.8, 4) is 5.75 Å². The van der Waals surface area contributed by atoms with Crippen molar-refractivity contribution in [2.24, 2.45) is 11.8 Å². The van der Waals surface area contributed by atoms with Gasteiger partial charge >= 0.3 is 5.97 Å². The van der Waals surface area contributed by atoms with Crippen LogP contribution in [0.2, 0.25) is 0 Å². The Labute approximate surface area is 129 Å². The summed E-state index contributed by atoms with van der Waals surface area (Å²) in [5, 5.41) is 9.17. The number of carbonyl (C=O) groups excluding carboxylic acids is 1. The van der Waals surface area contributed by atoms with E-state index in [1.165, 1.54) is 0 Å². The highest BCUT2D eigenvalue weighted by atomic mass is 16.5. The molecule has 5 nitrogen and oxygen atoms in total. The van der Waals surface area contributed by atoms with E-state index in [9.17, 15) is 9.59 Å². The molecule has 22 heavy (non-hydrogen) atoms. The van der Waals surface area contributed by atoms with Crippen LogP contribution in [0.1, 0.15) is 37.3 Å². The van der Waals surface area contributed by atoms with Crippen molar-refractivity contribution in [3.05, 3.63) is 29.8 Å². The predicted octanol–water partition coefficient (Wildman–Crippen LogP) is 2.47. The van der Waals surface area contributed by atoms with Gasteiger partial charge in [0, 0.05) is 12.1 Å². The first-order valence-electron chi connectivity index (χ1n) is 7.79. The molecule has 5 heteroatoms. The molecule has 3 rings (SSSR count). The molecule has 1 aromatic carbocycles. The van der Waals surface area contributed by atoms with Gasteiger partial charge in [0.25, 0.3) is 0 Å². The first-order chi connectivity index (χ1) is 10.6. The zero-order chi connectivity index (χ0) is 15.7. The maximum absolute atomic E-state index is 12.7. The molecule has 3 unspecified atom stereocenters. The number of benzene rings is 1. The molecule has 1 aromatic rings. The van der Waals surface area contributed by atoms with Crippen LogP contribution in [0.15, 0.2) is 24.3 Å². The number of hydrogen-bond acceptors (Lipinski definition) is 3. The van der Waals surface area contributed by atoms with Crippen LogP contribution in [-0.2, 0) is 9.59 Å². The smallest absolute Gasteiger partial charge is 0.307 e. The number of carboxylic acid groups (broad SMARTS) is 1. The van der Waals surface area contributed by atoms with Gasteiger partial charge in [-0.25, -0.2) is 0 Å². The number of amides is 1. The summed E-state index contributed by atoms with van der Waals surface area (Å²) in [6.45, 7) is 0.699. The first-order valence-corrected chi connectivity index (χ1v) is 7.79. The molecule has 1 saturated heterocycles. The molecule has 1 N–H and O–H groups in total. The summed E-state index contributed by atoms with van der Waals surface area (Å²) in [6.07, 6.45) is 3.14. The number of methoxy groups -OCH3 is 1. The number of nitrogens with zero attached hydrogens (tertiary/aromatic N) is 1. The van der Waals surface area contributed by atoms with Crippen LogP contribution < -0.4 is 4.74 Å². The molecule has 1 amide bonds. The highest BCUT2D eigenvalue weighted by molar-refractivity contribution is 5.87. The number of carbonyl (C=O) groups is 2. The van der Waals surface area contributed by atoms with E-state index < -0.39 is 11.9 Å². The second kappa shape index (κ2) is 5.99. The maximum Gasteiger partial charge on any atom is 0.307 e. The van der Waals surface area contributed by atoms with Crippen molar-refractivity contribution < 1.29 is 19.4 Å². The summed E-state index contributed by atoms with van der Waals surface area (Å²) < 4.78 is 5.41. The highest BCUT2D eigenvalue weighted by Crippen LogP contribution is 2.42. The summed E-state index contributed by atoms with van der Waals surface area (Å²) in [5.74, 6) is -0.931. The predicted molar refractivity (Wildman–Crippen MR) is 80.5 cm³/mol. The standard InChI is InChI=1S/C17H21NO4/c1-22-15-7-3-2-5-13(15)14-6-4-10-18(14)16(19)11-8-9-12(11)17(20)21/h2-3,5,7,11-12,14H,4,6,8-10H2,1H3,(H,20,21). The Balaban J connectivity index is 1.81. The Hall–Kier alpha value is -2.04. The van der Waals surface area contributed by atoms with Crippen molar-refractivity contribution >= 4 is 11.9 Å². The Morgan fingerprint density at radius 3 is 2.55 bits per heavy atom. The second-order valence-electron chi connectivity index (χ2n) is 6.06. The van der Waals surface area contributed by atoms with E-state index in [0.717, 1.165) is 24.2 Å². The van der Waals surface area contributed by atoms with Gasteiger partial charge < -0.3 is 14.7 Å². The molecular formula is C17H21NO4. The van der Waals surface area contributed by atoms with Gasteiger partial charge in [0.1, 0.15) is 5.75 Å². The molecule has 3 atom stereocenters. The first kappa shape index (κ1) is 14.9.